The lowest BCUT2D eigenvalue weighted by Crippen LogP contribution is -2.24. The zero-order valence-electron chi connectivity index (χ0n) is 22.2. The molecule has 2 atom stereocenters. The van der Waals surface area contributed by atoms with Crippen LogP contribution in [-0.4, -0.2) is 52.6 Å². The summed E-state index contributed by atoms with van der Waals surface area (Å²) in [6, 6.07) is 18.5. The van der Waals surface area contributed by atoms with Gasteiger partial charge in [0.2, 0.25) is 0 Å². The van der Waals surface area contributed by atoms with E-state index in [9.17, 15) is 23.6 Å². The molecule has 0 aliphatic rings. The van der Waals surface area contributed by atoms with E-state index in [1.165, 1.54) is 42.3 Å². The Kier molecular flexibility index (Phi) is 8.80. The maximum absolute atomic E-state index is 14.0. The molecule has 1 N–H and O–H groups in total. The fourth-order valence-electron chi connectivity index (χ4n) is 4.34. The van der Waals surface area contributed by atoms with Gasteiger partial charge in [-0.2, -0.15) is 0 Å². The fraction of sp³-hybridized carbons (Fsp3) is 0.233. The van der Waals surface area contributed by atoms with E-state index in [0.29, 0.717) is 16.6 Å². The van der Waals surface area contributed by atoms with Crippen molar-refractivity contribution in [1.29, 1.82) is 0 Å². The summed E-state index contributed by atoms with van der Waals surface area (Å²) < 4.78 is 19.4. The number of hydroxylamine groups is 2. The summed E-state index contributed by atoms with van der Waals surface area (Å²) in [7, 11) is 3.14. The van der Waals surface area contributed by atoms with Crippen LogP contribution in [0.15, 0.2) is 72.8 Å². The number of para-hydroxylation sites is 2. The van der Waals surface area contributed by atoms with Gasteiger partial charge in [-0.3, -0.25) is 19.2 Å². The minimum atomic E-state index is -1.40. The SMILES string of the molecule is CC(=O)OC(CCC(=O)ON(C)C)c1cccc(C(=O)C(C(=O)c2cccc(F)c2)c2nc3ccccc3[nH]2)c1. The number of imidazole rings is 1. The molecule has 2 unspecified atom stereocenters. The average molecular weight is 546 g/mol. The highest BCUT2D eigenvalue weighted by atomic mass is 19.1. The molecule has 0 aliphatic carbocycles. The van der Waals surface area contributed by atoms with E-state index in [1.54, 1.807) is 50.5 Å². The molecule has 0 spiro atoms. The predicted octanol–water partition coefficient (Wildman–Crippen LogP) is 4.96. The zero-order chi connectivity index (χ0) is 28.8. The van der Waals surface area contributed by atoms with E-state index in [2.05, 4.69) is 9.97 Å². The molecular weight excluding hydrogens is 517 g/mol. The Balaban J connectivity index is 1.70. The van der Waals surface area contributed by atoms with E-state index in [1.807, 2.05) is 0 Å². The number of nitrogens with zero attached hydrogens (tertiary/aromatic N) is 2. The van der Waals surface area contributed by atoms with Crippen LogP contribution in [0.5, 0.6) is 0 Å². The largest absolute Gasteiger partial charge is 0.458 e. The molecule has 0 saturated carbocycles. The highest BCUT2D eigenvalue weighted by Crippen LogP contribution is 2.29. The number of carbonyl (C=O) groups excluding carboxylic acids is 4. The lowest BCUT2D eigenvalue weighted by Gasteiger charge is -2.19. The second-order valence-electron chi connectivity index (χ2n) is 9.35. The number of benzene rings is 3. The Morgan fingerprint density at radius 2 is 1.60 bits per heavy atom. The van der Waals surface area contributed by atoms with Crippen molar-refractivity contribution in [3.63, 3.8) is 0 Å². The summed E-state index contributed by atoms with van der Waals surface area (Å²) >= 11 is 0. The minimum absolute atomic E-state index is 0.0205. The summed E-state index contributed by atoms with van der Waals surface area (Å²) in [4.78, 5) is 64.0. The second-order valence-corrected chi connectivity index (χ2v) is 9.35. The van der Waals surface area contributed by atoms with Gasteiger partial charge in [0.05, 0.1) is 17.5 Å². The molecule has 206 valence electrons. The fourth-order valence-corrected chi connectivity index (χ4v) is 4.34. The number of ether oxygens (including phenoxy) is 1. The van der Waals surface area contributed by atoms with Crippen LogP contribution in [0, 0.1) is 5.82 Å². The van der Waals surface area contributed by atoms with E-state index in [-0.39, 0.29) is 29.8 Å². The number of hydrogen-bond acceptors (Lipinski definition) is 8. The summed E-state index contributed by atoms with van der Waals surface area (Å²) in [6.45, 7) is 1.25. The van der Waals surface area contributed by atoms with Crippen molar-refractivity contribution in [2.24, 2.45) is 0 Å². The van der Waals surface area contributed by atoms with Crippen LogP contribution in [0.1, 0.15) is 63.9 Å². The minimum Gasteiger partial charge on any atom is -0.458 e. The topological polar surface area (TPSA) is 119 Å². The van der Waals surface area contributed by atoms with Gasteiger partial charge < -0.3 is 14.6 Å². The summed E-state index contributed by atoms with van der Waals surface area (Å²) in [5.41, 5.74) is 1.83. The molecular formula is C30H28FN3O6. The third-order valence-electron chi connectivity index (χ3n) is 6.06. The molecule has 3 aromatic carbocycles. The number of nitrogens with one attached hydrogen (secondary N) is 1. The number of Topliss-reactive ketones (excluding diaryl/α,β-unsaturated/α-hetero) is 2. The molecule has 0 fully saturated rings. The molecule has 0 aliphatic heterocycles. The Hall–Kier alpha value is -4.70. The second kappa shape index (κ2) is 12.4. The number of fused-ring (bicyclic) bond motifs is 1. The zero-order valence-corrected chi connectivity index (χ0v) is 22.2. The Morgan fingerprint density at radius 3 is 2.25 bits per heavy atom. The first-order valence-electron chi connectivity index (χ1n) is 12.6. The molecule has 0 bridgehead atoms. The van der Waals surface area contributed by atoms with Crippen molar-refractivity contribution >= 4 is 34.5 Å². The van der Waals surface area contributed by atoms with Gasteiger partial charge in [-0.05, 0) is 42.3 Å². The number of hydrogen-bond donors (Lipinski definition) is 1. The molecule has 9 nitrogen and oxygen atoms in total. The smallest absolute Gasteiger partial charge is 0.325 e. The molecule has 4 aromatic rings. The van der Waals surface area contributed by atoms with Gasteiger partial charge in [-0.25, -0.2) is 9.37 Å². The third-order valence-corrected chi connectivity index (χ3v) is 6.06. The summed E-state index contributed by atoms with van der Waals surface area (Å²) in [6.07, 6.45) is -0.781. The lowest BCUT2D eigenvalue weighted by atomic mass is 9.88. The Bertz CT molecular complexity index is 1530. The Labute approximate surface area is 229 Å². The molecule has 40 heavy (non-hydrogen) atoms. The number of halogens is 1. The number of H-pyrrole nitrogens is 1. The van der Waals surface area contributed by atoms with Gasteiger partial charge >= 0.3 is 11.9 Å². The van der Waals surface area contributed by atoms with E-state index < -0.39 is 41.3 Å². The quantitative estimate of drug-likeness (QED) is 0.122. The highest BCUT2D eigenvalue weighted by Gasteiger charge is 2.34. The molecule has 10 heteroatoms. The Morgan fingerprint density at radius 1 is 0.925 bits per heavy atom. The van der Waals surface area contributed by atoms with Gasteiger partial charge in [0.25, 0.3) is 0 Å². The standard InChI is InChI=1S/C30H28FN3O6/c1-18(35)39-25(14-15-26(36)40-34(2)3)19-8-6-9-20(16-19)28(37)27(29(38)21-10-7-11-22(31)17-21)30-32-23-12-4-5-13-24(23)33-30/h4-13,16-17,25,27H,14-15H2,1-3H3,(H,32,33). The summed E-state index contributed by atoms with van der Waals surface area (Å²) in [5, 5.41) is 1.26. The van der Waals surface area contributed by atoms with Crippen molar-refractivity contribution in [1.82, 2.24) is 15.0 Å². The normalized spacial score (nSPS) is 12.6. The van der Waals surface area contributed by atoms with Gasteiger partial charge in [0.1, 0.15) is 23.7 Å². The number of esters is 1. The molecule has 1 aromatic heterocycles. The van der Waals surface area contributed by atoms with E-state index in [4.69, 9.17) is 9.57 Å². The maximum atomic E-state index is 14.0. The number of carbonyl (C=O) groups is 4. The molecule has 0 saturated heterocycles. The van der Waals surface area contributed by atoms with Gasteiger partial charge in [0, 0.05) is 32.1 Å². The highest BCUT2D eigenvalue weighted by molar-refractivity contribution is 6.19. The molecule has 4 rings (SSSR count). The third kappa shape index (κ3) is 6.83. The van der Waals surface area contributed by atoms with Crippen molar-refractivity contribution in [3.8, 4) is 0 Å². The van der Waals surface area contributed by atoms with Crippen LogP contribution in [0.4, 0.5) is 4.39 Å². The predicted molar refractivity (Wildman–Crippen MR) is 144 cm³/mol. The van der Waals surface area contributed by atoms with Crippen LogP contribution >= 0.6 is 0 Å². The van der Waals surface area contributed by atoms with E-state index >= 15 is 0 Å². The van der Waals surface area contributed by atoms with Crippen LogP contribution in [-0.2, 0) is 19.2 Å². The first kappa shape index (κ1) is 28.3. The maximum Gasteiger partial charge on any atom is 0.325 e. The first-order valence-corrected chi connectivity index (χ1v) is 12.6. The number of rotatable bonds is 11. The monoisotopic (exact) mass is 545 g/mol. The van der Waals surface area contributed by atoms with Crippen LogP contribution in [0.3, 0.4) is 0 Å². The number of aromatic nitrogens is 2. The lowest BCUT2D eigenvalue weighted by molar-refractivity contribution is -0.179. The van der Waals surface area contributed by atoms with Crippen LogP contribution in [0.2, 0.25) is 0 Å². The molecule has 0 amide bonds. The molecule has 0 radical (unpaired) electrons. The average Bonchev–Trinajstić information content (AvgIpc) is 3.34. The summed E-state index contributed by atoms with van der Waals surface area (Å²) in [5.74, 6) is -4.17. The number of ketones is 2. The van der Waals surface area contributed by atoms with Crippen molar-refractivity contribution < 1.29 is 33.1 Å². The van der Waals surface area contributed by atoms with Crippen LogP contribution in [0.25, 0.3) is 11.0 Å². The van der Waals surface area contributed by atoms with Gasteiger partial charge in [0.15, 0.2) is 11.6 Å². The molecule has 1 heterocycles. The van der Waals surface area contributed by atoms with Gasteiger partial charge in [-0.15, -0.1) is 5.06 Å². The first-order chi connectivity index (χ1) is 19.1. The number of aromatic amines is 1. The van der Waals surface area contributed by atoms with Gasteiger partial charge in [-0.1, -0.05) is 42.5 Å². The van der Waals surface area contributed by atoms with Crippen molar-refractivity contribution in [2.75, 3.05) is 14.1 Å². The van der Waals surface area contributed by atoms with E-state index in [0.717, 1.165) is 6.07 Å². The van der Waals surface area contributed by atoms with Crippen molar-refractivity contribution in [2.45, 2.75) is 31.8 Å². The van der Waals surface area contributed by atoms with Crippen molar-refractivity contribution in [3.05, 3.63) is 101 Å². The van der Waals surface area contributed by atoms with Crippen LogP contribution < -0.4 is 0 Å².